The number of amides is 1. The summed E-state index contributed by atoms with van der Waals surface area (Å²) in [4.78, 5) is 13.8. The van der Waals surface area contributed by atoms with E-state index >= 15 is 0 Å². The fraction of sp³-hybridized carbons (Fsp3) is 0.438. The quantitative estimate of drug-likeness (QED) is 0.770. The van der Waals surface area contributed by atoms with Gasteiger partial charge in [-0.15, -0.1) is 6.42 Å². The molecule has 0 radical (unpaired) electrons. The van der Waals surface area contributed by atoms with Gasteiger partial charge in [-0.1, -0.05) is 18.1 Å². The number of sulfone groups is 1. The van der Waals surface area contributed by atoms with Gasteiger partial charge < -0.3 is 4.90 Å². The molecule has 6 heteroatoms. The van der Waals surface area contributed by atoms with E-state index in [4.69, 9.17) is 6.42 Å². The zero-order chi connectivity index (χ0) is 16.2. The van der Waals surface area contributed by atoms with Crippen molar-refractivity contribution >= 4 is 15.7 Å². The average molecular weight is 323 g/mol. The number of aryl methyl sites for hydroxylation is 1. The topological polar surface area (TPSA) is 54.5 Å². The van der Waals surface area contributed by atoms with Gasteiger partial charge in [0.25, 0.3) is 0 Å². The molecule has 1 unspecified atom stereocenters. The lowest BCUT2D eigenvalue weighted by Gasteiger charge is -2.26. The Morgan fingerprint density at radius 2 is 2.05 bits per heavy atom. The van der Waals surface area contributed by atoms with E-state index in [9.17, 15) is 17.6 Å². The molecule has 0 aromatic heterocycles. The van der Waals surface area contributed by atoms with E-state index < -0.39 is 9.84 Å². The lowest BCUT2D eigenvalue weighted by molar-refractivity contribution is -0.132. The first-order valence-electron chi connectivity index (χ1n) is 7.09. The third-order valence-corrected chi connectivity index (χ3v) is 5.52. The minimum atomic E-state index is -3.07. The molecular weight excluding hydrogens is 305 g/mol. The SMILES string of the molecule is C#CCN(C(=O)CCc1ccc(F)cc1)C1CCS(=O)(=O)C1. The van der Waals surface area contributed by atoms with Crippen molar-refractivity contribution < 1.29 is 17.6 Å². The third-order valence-electron chi connectivity index (χ3n) is 3.77. The molecule has 1 aromatic rings. The zero-order valence-electron chi connectivity index (χ0n) is 12.2. The van der Waals surface area contributed by atoms with E-state index in [1.54, 1.807) is 12.1 Å². The van der Waals surface area contributed by atoms with Crippen LogP contribution in [0.4, 0.5) is 4.39 Å². The molecule has 1 aliphatic rings. The number of carbonyl (C=O) groups excluding carboxylic acids is 1. The predicted molar refractivity (Wildman–Crippen MR) is 82.3 cm³/mol. The molecule has 118 valence electrons. The van der Waals surface area contributed by atoms with Gasteiger partial charge in [0.2, 0.25) is 5.91 Å². The van der Waals surface area contributed by atoms with Crippen molar-refractivity contribution in [3.63, 3.8) is 0 Å². The second kappa shape index (κ2) is 6.93. The maximum absolute atomic E-state index is 12.8. The highest BCUT2D eigenvalue weighted by Crippen LogP contribution is 2.19. The van der Waals surface area contributed by atoms with Gasteiger partial charge in [0.15, 0.2) is 9.84 Å². The van der Waals surface area contributed by atoms with Crippen LogP contribution in [0.2, 0.25) is 0 Å². The summed E-state index contributed by atoms with van der Waals surface area (Å²) < 4.78 is 36.0. The number of benzene rings is 1. The summed E-state index contributed by atoms with van der Waals surface area (Å²) in [5, 5.41) is 0. The van der Waals surface area contributed by atoms with Crippen LogP contribution in [0.3, 0.4) is 0 Å². The van der Waals surface area contributed by atoms with Gasteiger partial charge in [0, 0.05) is 12.5 Å². The van der Waals surface area contributed by atoms with Gasteiger partial charge in [0.1, 0.15) is 5.82 Å². The molecular formula is C16H18FNO3S. The molecule has 1 atom stereocenters. The Bertz CT molecular complexity index is 676. The number of nitrogens with zero attached hydrogens (tertiary/aromatic N) is 1. The summed E-state index contributed by atoms with van der Waals surface area (Å²) in [6.07, 6.45) is 6.43. The Morgan fingerprint density at radius 3 is 2.59 bits per heavy atom. The number of carbonyl (C=O) groups is 1. The lowest BCUT2D eigenvalue weighted by Crippen LogP contribution is -2.41. The van der Waals surface area contributed by atoms with Crippen LogP contribution in [-0.2, 0) is 21.1 Å². The molecule has 1 saturated heterocycles. The first-order valence-corrected chi connectivity index (χ1v) is 8.91. The van der Waals surface area contributed by atoms with E-state index in [-0.39, 0.29) is 42.2 Å². The normalized spacial score (nSPS) is 19.5. The van der Waals surface area contributed by atoms with Crippen molar-refractivity contribution in [2.75, 3.05) is 18.1 Å². The van der Waals surface area contributed by atoms with E-state index in [1.807, 2.05) is 0 Å². The van der Waals surface area contributed by atoms with Crippen molar-refractivity contribution in [1.82, 2.24) is 4.90 Å². The molecule has 22 heavy (non-hydrogen) atoms. The Labute approximate surface area is 130 Å². The standard InChI is InChI=1S/C16H18FNO3S/c1-2-10-18(15-9-11-22(20,21)12-15)16(19)8-5-13-3-6-14(17)7-4-13/h1,3-4,6-7,15H,5,8-12H2. The van der Waals surface area contributed by atoms with Crippen LogP contribution in [0.5, 0.6) is 0 Å². The van der Waals surface area contributed by atoms with Gasteiger partial charge >= 0.3 is 0 Å². The van der Waals surface area contributed by atoms with Crippen molar-refractivity contribution in [2.24, 2.45) is 0 Å². The summed E-state index contributed by atoms with van der Waals surface area (Å²) in [6.45, 7) is 0.114. The summed E-state index contributed by atoms with van der Waals surface area (Å²) in [7, 11) is -3.07. The van der Waals surface area contributed by atoms with Crippen LogP contribution in [-0.4, -0.2) is 43.3 Å². The molecule has 1 fully saturated rings. The third kappa shape index (κ3) is 4.31. The fourth-order valence-electron chi connectivity index (χ4n) is 2.59. The molecule has 0 spiro atoms. The predicted octanol–water partition coefficient (Wildman–Crippen LogP) is 1.41. The zero-order valence-corrected chi connectivity index (χ0v) is 13.0. The van der Waals surface area contributed by atoms with E-state index in [1.165, 1.54) is 17.0 Å². The smallest absolute Gasteiger partial charge is 0.223 e. The Hall–Kier alpha value is -1.87. The molecule has 1 heterocycles. The Morgan fingerprint density at radius 1 is 1.36 bits per heavy atom. The first-order chi connectivity index (χ1) is 10.4. The molecule has 1 aromatic carbocycles. The molecule has 1 aliphatic heterocycles. The first kappa shape index (κ1) is 16.5. The van der Waals surface area contributed by atoms with Gasteiger partial charge in [-0.05, 0) is 30.5 Å². The monoisotopic (exact) mass is 323 g/mol. The van der Waals surface area contributed by atoms with Crippen molar-refractivity contribution in [1.29, 1.82) is 0 Å². The van der Waals surface area contributed by atoms with Gasteiger partial charge in [-0.25, -0.2) is 12.8 Å². The second-order valence-corrected chi connectivity index (χ2v) is 7.64. The highest BCUT2D eigenvalue weighted by molar-refractivity contribution is 7.91. The molecule has 0 saturated carbocycles. The van der Waals surface area contributed by atoms with E-state index in [0.717, 1.165) is 5.56 Å². The number of terminal acetylenes is 1. The maximum atomic E-state index is 12.8. The molecule has 0 N–H and O–H groups in total. The lowest BCUT2D eigenvalue weighted by atomic mass is 10.1. The Kier molecular flexibility index (Phi) is 5.19. The molecule has 0 aliphatic carbocycles. The minimum absolute atomic E-state index is 0.0169. The maximum Gasteiger partial charge on any atom is 0.223 e. The molecule has 4 nitrogen and oxygen atoms in total. The minimum Gasteiger partial charge on any atom is -0.328 e. The average Bonchev–Trinajstić information content (AvgIpc) is 2.83. The number of rotatable bonds is 5. The molecule has 1 amide bonds. The summed E-state index contributed by atoms with van der Waals surface area (Å²) >= 11 is 0. The highest BCUT2D eigenvalue weighted by Gasteiger charge is 2.33. The van der Waals surface area contributed by atoms with Gasteiger partial charge in [-0.3, -0.25) is 4.79 Å². The van der Waals surface area contributed by atoms with Crippen LogP contribution in [0.1, 0.15) is 18.4 Å². The van der Waals surface area contributed by atoms with Gasteiger partial charge in [-0.2, -0.15) is 0 Å². The second-order valence-electron chi connectivity index (χ2n) is 5.41. The summed E-state index contributed by atoms with van der Waals surface area (Å²) in [6, 6.07) is 5.63. The molecule has 0 bridgehead atoms. The largest absolute Gasteiger partial charge is 0.328 e. The highest BCUT2D eigenvalue weighted by atomic mass is 32.2. The van der Waals surface area contributed by atoms with E-state index in [2.05, 4.69) is 5.92 Å². The van der Waals surface area contributed by atoms with Crippen LogP contribution >= 0.6 is 0 Å². The van der Waals surface area contributed by atoms with Crippen LogP contribution < -0.4 is 0 Å². The van der Waals surface area contributed by atoms with Crippen LogP contribution in [0, 0.1) is 18.2 Å². The van der Waals surface area contributed by atoms with Crippen molar-refractivity contribution in [3.05, 3.63) is 35.6 Å². The van der Waals surface area contributed by atoms with Crippen molar-refractivity contribution in [3.8, 4) is 12.3 Å². The van der Waals surface area contributed by atoms with Crippen molar-refractivity contribution in [2.45, 2.75) is 25.3 Å². The molecule has 2 rings (SSSR count). The fourth-order valence-corrected chi connectivity index (χ4v) is 4.32. The summed E-state index contributed by atoms with van der Waals surface area (Å²) in [5.41, 5.74) is 0.856. The summed E-state index contributed by atoms with van der Waals surface area (Å²) in [5.74, 6) is 2.02. The van der Waals surface area contributed by atoms with E-state index in [0.29, 0.717) is 12.8 Å². The van der Waals surface area contributed by atoms with Crippen LogP contribution in [0.25, 0.3) is 0 Å². The van der Waals surface area contributed by atoms with Crippen LogP contribution in [0.15, 0.2) is 24.3 Å². The number of hydrogen-bond acceptors (Lipinski definition) is 3. The van der Waals surface area contributed by atoms with Gasteiger partial charge in [0.05, 0.1) is 18.1 Å². The Balaban J connectivity index is 1.98. The number of hydrogen-bond donors (Lipinski definition) is 0. The number of halogens is 1.